The first-order valence-corrected chi connectivity index (χ1v) is 15.5. The summed E-state index contributed by atoms with van der Waals surface area (Å²) >= 11 is 6.57. The average Bonchev–Trinajstić information content (AvgIpc) is 3.42. The summed E-state index contributed by atoms with van der Waals surface area (Å²) in [6.45, 7) is 4.12. The van der Waals surface area contributed by atoms with E-state index < -0.39 is 5.82 Å². The number of hydrogen-bond acceptors (Lipinski definition) is 7. The number of phenols is 1. The number of rotatable bonds is 6. The van der Waals surface area contributed by atoms with Crippen LogP contribution >= 0.6 is 11.6 Å². The lowest BCUT2D eigenvalue weighted by atomic mass is 9.89. The van der Waals surface area contributed by atoms with Gasteiger partial charge >= 0.3 is 0 Å². The van der Waals surface area contributed by atoms with Gasteiger partial charge in [0, 0.05) is 47.7 Å². The number of hydrogen-bond donors (Lipinski definition) is 2. The third-order valence-corrected chi connectivity index (χ3v) is 10.5. The molecule has 0 spiro atoms. The van der Waals surface area contributed by atoms with Crippen LogP contribution in [-0.4, -0.2) is 68.8 Å². The largest absolute Gasteiger partial charge is 0.508 e. The smallest absolute Gasteiger partial charge is 0.165 e. The summed E-state index contributed by atoms with van der Waals surface area (Å²) in [5, 5.41) is 15.2. The Morgan fingerprint density at radius 3 is 2.48 bits per heavy atom. The molecule has 5 fully saturated rings. The first kappa shape index (κ1) is 25.2. The van der Waals surface area contributed by atoms with Crippen LogP contribution < -0.4 is 10.2 Å². The van der Waals surface area contributed by atoms with Crippen LogP contribution in [0, 0.1) is 5.82 Å². The summed E-state index contributed by atoms with van der Waals surface area (Å²) < 4.78 is 16.0. The van der Waals surface area contributed by atoms with E-state index in [1.807, 2.05) is 0 Å². The van der Waals surface area contributed by atoms with Gasteiger partial charge in [-0.05, 0) is 101 Å². The fourth-order valence-electron chi connectivity index (χ4n) is 8.13. The van der Waals surface area contributed by atoms with Gasteiger partial charge in [-0.3, -0.25) is 4.90 Å². The Morgan fingerprint density at radius 1 is 1.00 bits per heavy atom. The monoisotopic (exact) mass is 562 g/mol. The third-order valence-electron chi connectivity index (χ3n) is 10.2. The van der Waals surface area contributed by atoms with Crippen molar-refractivity contribution in [1.82, 2.24) is 25.2 Å². The number of aromatic nitrogens is 3. The Hall–Kier alpha value is -2.55. The molecule has 9 heteroatoms. The molecule has 2 N–H and O–H groups in total. The highest BCUT2D eigenvalue weighted by molar-refractivity contribution is 6.32. The fourth-order valence-corrected chi connectivity index (χ4v) is 8.50. The van der Waals surface area contributed by atoms with Crippen LogP contribution in [0.1, 0.15) is 75.1 Å². The van der Waals surface area contributed by atoms with E-state index in [1.165, 1.54) is 38.8 Å². The second kappa shape index (κ2) is 9.50. The summed E-state index contributed by atoms with van der Waals surface area (Å²) in [5.41, 5.74) is 2.46. The highest BCUT2D eigenvalue weighted by Gasteiger charge is 2.44. The first-order valence-electron chi connectivity index (χ1n) is 15.1. The number of aryl methyl sites for hydroxylation is 1. The molecule has 0 radical (unpaired) electrons. The average molecular weight is 563 g/mol. The van der Waals surface area contributed by atoms with E-state index in [9.17, 15) is 5.11 Å². The molecule has 2 bridgehead atoms. The molecule has 40 heavy (non-hydrogen) atoms. The summed E-state index contributed by atoms with van der Waals surface area (Å²) in [6.07, 6.45) is 11.2. The summed E-state index contributed by atoms with van der Waals surface area (Å²) in [5.74, 6) is 1.46. The first-order chi connectivity index (χ1) is 19.5. The van der Waals surface area contributed by atoms with E-state index in [0.717, 1.165) is 68.8 Å². The van der Waals surface area contributed by atoms with Gasteiger partial charge in [-0.2, -0.15) is 0 Å². The lowest BCUT2D eigenvalue weighted by Gasteiger charge is -2.34. The topological polar surface area (TPSA) is 77.4 Å². The van der Waals surface area contributed by atoms with Crippen molar-refractivity contribution in [3.05, 3.63) is 40.4 Å². The lowest BCUT2D eigenvalue weighted by molar-refractivity contribution is 0.182. The number of phenolic OH excluding ortho intramolecular Hbond substituents is 1. The molecule has 2 atom stereocenters. The number of piperazine rings is 1. The Labute approximate surface area is 239 Å². The van der Waals surface area contributed by atoms with Gasteiger partial charge < -0.3 is 15.3 Å². The maximum atomic E-state index is 16.0. The molecule has 4 saturated heterocycles. The van der Waals surface area contributed by atoms with E-state index in [4.69, 9.17) is 26.6 Å². The standard InChI is InChI=1S/C31H36ClFN6O/c32-24-14-21(40)13-22(27(24)18-3-4-18)28-25(33)15-23-29(37-28)35-26(7-10-31-8-1-11-39(31)12-2-9-31)36-30(23)38-16-19-5-6-20(17-38)34-19/h13-15,18-20,34,40H,1-12,16-17H2. The highest BCUT2D eigenvalue weighted by Crippen LogP contribution is 2.49. The maximum absolute atomic E-state index is 16.0. The van der Waals surface area contributed by atoms with Crippen LogP contribution in [0.25, 0.3) is 22.3 Å². The fraction of sp³-hybridized carbons (Fsp3) is 0.581. The minimum Gasteiger partial charge on any atom is -0.508 e. The number of fused-ring (bicyclic) bond motifs is 4. The number of pyridine rings is 1. The quantitative estimate of drug-likeness (QED) is 0.407. The summed E-state index contributed by atoms with van der Waals surface area (Å²) in [6, 6.07) is 5.57. The molecule has 4 aliphatic heterocycles. The molecule has 7 nitrogen and oxygen atoms in total. The van der Waals surface area contributed by atoms with Gasteiger partial charge in [0.1, 0.15) is 28.9 Å². The van der Waals surface area contributed by atoms with E-state index >= 15 is 4.39 Å². The zero-order valence-corrected chi connectivity index (χ0v) is 23.6. The Kier molecular flexibility index (Phi) is 5.98. The zero-order chi connectivity index (χ0) is 27.0. The van der Waals surface area contributed by atoms with Crippen LogP contribution in [0.3, 0.4) is 0 Å². The zero-order valence-electron chi connectivity index (χ0n) is 22.8. The van der Waals surface area contributed by atoms with Crippen LogP contribution in [0.5, 0.6) is 5.75 Å². The van der Waals surface area contributed by atoms with E-state index in [1.54, 1.807) is 18.2 Å². The predicted molar refractivity (Wildman–Crippen MR) is 155 cm³/mol. The van der Waals surface area contributed by atoms with Crippen molar-refractivity contribution in [2.75, 3.05) is 31.1 Å². The van der Waals surface area contributed by atoms with Gasteiger partial charge in [-0.15, -0.1) is 0 Å². The van der Waals surface area contributed by atoms with Gasteiger partial charge in [0.2, 0.25) is 0 Å². The minimum atomic E-state index is -0.432. The van der Waals surface area contributed by atoms with Crippen molar-refractivity contribution in [3.8, 4) is 17.0 Å². The van der Waals surface area contributed by atoms with Crippen LogP contribution in [0.4, 0.5) is 10.2 Å². The SMILES string of the molecule is Oc1cc(Cl)c(C2CC2)c(-c2nc3nc(CCC45CCCN4CCC5)nc(N4CC5CCC(C4)N5)c3cc2F)c1. The maximum Gasteiger partial charge on any atom is 0.165 e. The van der Waals surface area contributed by atoms with E-state index in [-0.39, 0.29) is 22.9 Å². The minimum absolute atomic E-state index is 0.0167. The Morgan fingerprint density at radius 2 is 1.75 bits per heavy atom. The summed E-state index contributed by atoms with van der Waals surface area (Å²) in [7, 11) is 0. The molecule has 2 unspecified atom stereocenters. The van der Waals surface area contributed by atoms with Gasteiger partial charge in [0.15, 0.2) is 5.65 Å². The predicted octanol–water partition coefficient (Wildman–Crippen LogP) is 5.57. The Balaban J connectivity index is 1.23. The van der Waals surface area contributed by atoms with Gasteiger partial charge in [-0.1, -0.05) is 11.6 Å². The van der Waals surface area contributed by atoms with Crippen molar-refractivity contribution in [1.29, 1.82) is 0 Å². The molecule has 3 aromatic rings. The second-order valence-corrected chi connectivity index (χ2v) is 13.2. The molecular weight excluding hydrogens is 527 g/mol. The number of halogens is 2. The molecule has 1 aromatic carbocycles. The van der Waals surface area contributed by atoms with Crippen LogP contribution in [-0.2, 0) is 6.42 Å². The molecule has 0 amide bonds. The van der Waals surface area contributed by atoms with Gasteiger partial charge in [-0.25, -0.2) is 19.3 Å². The number of aromatic hydroxyl groups is 1. The number of nitrogens with zero attached hydrogens (tertiary/aromatic N) is 5. The molecule has 210 valence electrons. The third kappa shape index (κ3) is 4.25. The molecule has 8 rings (SSSR count). The van der Waals surface area contributed by atoms with Crippen molar-refractivity contribution in [2.45, 2.75) is 87.7 Å². The molecule has 1 saturated carbocycles. The summed E-state index contributed by atoms with van der Waals surface area (Å²) in [4.78, 5) is 20.0. The van der Waals surface area contributed by atoms with Crippen LogP contribution in [0.2, 0.25) is 5.02 Å². The highest BCUT2D eigenvalue weighted by atomic mass is 35.5. The van der Waals surface area contributed by atoms with Gasteiger partial charge in [0.05, 0.1) is 5.39 Å². The molecule has 6 heterocycles. The van der Waals surface area contributed by atoms with Crippen molar-refractivity contribution in [2.24, 2.45) is 0 Å². The molecule has 2 aromatic heterocycles. The number of nitrogens with one attached hydrogen (secondary N) is 1. The second-order valence-electron chi connectivity index (χ2n) is 12.8. The normalized spacial score (nSPS) is 25.7. The molecule has 1 aliphatic carbocycles. The van der Waals surface area contributed by atoms with Crippen molar-refractivity contribution in [3.63, 3.8) is 0 Å². The number of benzene rings is 1. The van der Waals surface area contributed by atoms with E-state index in [2.05, 4.69) is 15.1 Å². The van der Waals surface area contributed by atoms with E-state index in [0.29, 0.717) is 33.7 Å². The van der Waals surface area contributed by atoms with Crippen molar-refractivity contribution < 1.29 is 9.50 Å². The number of anilines is 1. The Bertz CT molecular complexity index is 1470. The van der Waals surface area contributed by atoms with Crippen LogP contribution in [0.15, 0.2) is 18.2 Å². The molecule has 5 aliphatic rings. The lowest BCUT2D eigenvalue weighted by Crippen LogP contribution is -2.51. The molecular formula is C31H36ClFN6O. The van der Waals surface area contributed by atoms with Gasteiger partial charge in [0.25, 0.3) is 0 Å². The van der Waals surface area contributed by atoms with Crippen molar-refractivity contribution >= 4 is 28.5 Å².